The highest BCUT2D eigenvalue weighted by Crippen LogP contribution is 2.27. The number of fused-ring (bicyclic) bond motifs is 1. The molecule has 1 aliphatic heterocycles. The van der Waals surface area contributed by atoms with Crippen LogP contribution in [-0.2, 0) is 17.8 Å². The predicted molar refractivity (Wildman–Crippen MR) is 115 cm³/mol. The molecule has 0 unspecified atom stereocenters. The number of urea groups is 1. The normalized spacial score (nSPS) is 13.2. The van der Waals surface area contributed by atoms with Gasteiger partial charge in [0, 0.05) is 30.9 Å². The number of aliphatic carboxylic acids is 1. The zero-order valence-corrected chi connectivity index (χ0v) is 17.1. The Balaban J connectivity index is 1.66. The van der Waals surface area contributed by atoms with E-state index < -0.39 is 12.0 Å². The molecule has 3 N–H and O–H groups in total. The number of hydrogen-bond donors (Lipinski definition) is 3. The van der Waals surface area contributed by atoms with Gasteiger partial charge in [-0.25, -0.2) is 4.79 Å². The fourth-order valence-corrected chi connectivity index (χ4v) is 3.61. The number of carboxylic acid groups (broad SMARTS) is 1. The maximum absolute atomic E-state index is 13.2. The number of nitrogens with zero attached hydrogens (tertiary/aromatic N) is 1. The summed E-state index contributed by atoms with van der Waals surface area (Å²) in [6, 6.07) is 13.1. The fraction of sp³-hybridized carbons (Fsp3) is 0.348. The second-order valence-electron chi connectivity index (χ2n) is 7.44. The molecule has 0 saturated carbocycles. The van der Waals surface area contributed by atoms with Crippen LogP contribution in [0.2, 0.25) is 0 Å². The molecule has 2 aromatic carbocycles. The summed E-state index contributed by atoms with van der Waals surface area (Å²) < 4.78 is 0. The summed E-state index contributed by atoms with van der Waals surface area (Å²) in [4.78, 5) is 37.3. The standard InChI is InChI=1S/C23H27N3O4/c1-16-14-18(9-10-19(16)15-25-23(30)24-12-11-21(27)28)22(29)26-13-5-4-7-17-6-2-3-8-20(17)26/h2-3,6,8-10,14H,4-5,7,11-13,15H2,1H3,(H,27,28)(H2,24,25,30). The maximum Gasteiger partial charge on any atom is 0.315 e. The monoisotopic (exact) mass is 409 g/mol. The van der Waals surface area contributed by atoms with Crippen LogP contribution in [0.15, 0.2) is 42.5 Å². The van der Waals surface area contributed by atoms with E-state index in [9.17, 15) is 14.4 Å². The Kier molecular flexibility index (Phi) is 7.06. The van der Waals surface area contributed by atoms with Gasteiger partial charge in [-0.05, 0) is 61.1 Å². The summed E-state index contributed by atoms with van der Waals surface area (Å²) in [6.07, 6.45) is 2.90. The Hall–Kier alpha value is -3.35. The van der Waals surface area contributed by atoms with Crippen molar-refractivity contribution >= 4 is 23.6 Å². The number of rotatable bonds is 6. The lowest BCUT2D eigenvalue weighted by Gasteiger charge is -2.23. The summed E-state index contributed by atoms with van der Waals surface area (Å²) in [7, 11) is 0. The Morgan fingerprint density at radius 1 is 1.07 bits per heavy atom. The Bertz CT molecular complexity index is 942. The first-order valence-corrected chi connectivity index (χ1v) is 10.2. The zero-order valence-electron chi connectivity index (χ0n) is 17.1. The molecular weight excluding hydrogens is 382 g/mol. The predicted octanol–water partition coefficient (Wildman–Crippen LogP) is 3.25. The molecule has 1 heterocycles. The molecule has 0 fully saturated rings. The smallest absolute Gasteiger partial charge is 0.315 e. The molecule has 0 bridgehead atoms. The van der Waals surface area contributed by atoms with Crippen molar-refractivity contribution in [3.05, 3.63) is 64.7 Å². The van der Waals surface area contributed by atoms with E-state index in [0.717, 1.165) is 36.1 Å². The first-order valence-electron chi connectivity index (χ1n) is 10.2. The number of carbonyl (C=O) groups is 3. The molecule has 1 aliphatic rings. The van der Waals surface area contributed by atoms with E-state index in [1.54, 1.807) is 6.07 Å². The Morgan fingerprint density at radius 2 is 1.87 bits per heavy atom. The topological polar surface area (TPSA) is 98.7 Å². The van der Waals surface area contributed by atoms with Crippen LogP contribution in [0.25, 0.3) is 0 Å². The number of benzene rings is 2. The van der Waals surface area contributed by atoms with E-state index >= 15 is 0 Å². The van der Waals surface area contributed by atoms with Crippen LogP contribution in [0.3, 0.4) is 0 Å². The summed E-state index contributed by atoms with van der Waals surface area (Å²) in [5.41, 5.74) is 4.63. The molecule has 158 valence electrons. The minimum absolute atomic E-state index is 0.0154. The van der Waals surface area contributed by atoms with E-state index in [2.05, 4.69) is 16.7 Å². The van der Waals surface area contributed by atoms with Gasteiger partial charge in [-0.2, -0.15) is 0 Å². The summed E-state index contributed by atoms with van der Waals surface area (Å²) in [5.74, 6) is -0.975. The molecule has 3 amide bonds. The van der Waals surface area contributed by atoms with Crippen molar-refractivity contribution in [2.75, 3.05) is 18.0 Å². The van der Waals surface area contributed by atoms with Gasteiger partial charge in [0.25, 0.3) is 5.91 Å². The number of amides is 3. The van der Waals surface area contributed by atoms with Gasteiger partial charge in [0.2, 0.25) is 0 Å². The van der Waals surface area contributed by atoms with Gasteiger partial charge in [0.15, 0.2) is 0 Å². The minimum atomic E-state index is -0.960. The first-order chi connectivity index (χ1) is 14.5. The number of nitrogens with one attached hydrogen (secondary N) is 2. The molecule has 30 heavy (non-hydrogen) atoms. The summed E-state index contributed by atoms with van der Waals surface area (Å²) >= 11 is 0. The number of anilines is 1. The van der Waals surface area contributed by atoms with Crippen molar-refractivity contribution in [3.8, 4) is 0 Å². The molecular formula is C23H27N3O4. The lowest BCUT2D eigenvalue weighted by Crippen LogP contribution is -2.36. The molecule has 7 heteroatoms. The first kappa shape index (κ1) is 21.4. The van der Waals surface area contributed by atoms with E-state index in [-0.39, 0.29) is 18.9 Å². The van der Waals surface area contributed by atoms with Gasteiger partial charge in [0.05, 0.1) is 6.42 Å². The van der Waals surface area contributed by atoms with Crippen molar-refractivity contribution in [1.29, 1.82) is 0 Å². The van der Waals surface area contributed by atoms with Crippen LogP contribution in [0.4, 0.5) is 10.5 Å². The number of para-hydroxylation sites is 1. The van der Waals surface area contributed by atoms with Gasteiger partial charge in [-0.1, -0.05) is 24.3 Å². The number of aryl methyl sites for hydroxylation is 2. The highest BCUT2D eigenvalue weighted by atomic mass is 16.4. The number of carboxylic acids is 1. The van der Waals surface area contributed by atoms with Crippen molar-refractivity contribution in [3.63, 3.8) is 0 Å². The highest BCUT2D eigenvalue weighted by Gasteiger charge is 2.22. The van der Waals surface area contributed by atoms with Gasteiger partial charge in [0.1, 0.15) is 0 Å². The molecule has 3 rings (SSSR count). The van der Waals surface area contributed by atoms with E-state index in [4.69, 9.17) is 5.11 Å². The number of carbonyl (C=O) groups excluding carboxylic acids is 2. The van der Waals surface area contributed by atoms with Crippen molar-refractivity contribution in [2.45, 2.75) is 39.2 Å². The van der Waals surface area contributed by atoms with Gasteiger partial charge in [-0.15, -0.1) is 0 Å². The number of hydrogen-bond acceptors (Lipinski definition) is 3. The molecule has 7 nitrogen and oxygen atoms in total. The molecule has 0 saturated heterocycles. The lowest BCUT2D eigenvalue weighted by atomic mass is 10.0. The van der Waals surface area contributed by atoms with Crippen LogP contribution in [0.1, 0.15) is 46.3 Å². The molecule has 0 aliphatic carbocycles. The SMILES string of the molecule is Cc1cc(C(=O)N2CCCCc3ccccc32)ccc1CNC(=O)NCCC(=O)O. The lowest BCUT2D eigenvalue weighted by molar-refractivity contribution is -0.136. The third-order valence-electron chi connectivity index (χ3n) is 5.26. The molecule has 0 spiro atoms. The fourth-order valence-electron chi connectivity index (χ4n) is 3.61. The van der Waals surface area contributed by atoms with Crippen LogP contribution in [0, 0.1) is 6.92 Å². The maximum atomic E-state index is 13.2. The van der Waals surface area contributed by atoms with Crippen LogP contribution in [-0.4, -0.2) is 36.1 Å². The van der Waals surface area contributed by atoms with E-state index in [0.29, 0.717) is 18.7 Å². The van der Waals surface area contributed by atoms with Gasteiger partial charge >= 0.3 is 12.0 Å². The molecule has 0 radical (unpaired) electrons. The van der Waals surface area contributed by atoms with Crippen molar-refractivity contribution < 1.29 is 19.5 Å². The largest absolute Gasteiger partial charge is 0.481 e. The second-order valence-corrected chi connectivity index (χ2v) is 7.44. The Labute approximate surface area is 176 Å². The van der Waals surface area contributed by atoms with Crippen LogP contribution >= 0.6 is 0 Å². The highest BCUT2D eigenvalue weighted by molar-refractivity contribution is 6.06. The van der Waals surface area contributed by atoms with Crippen molar-refractivity contribution in [2.24, 2.45) is 0 Å². The molecule has 2 aromatic rings. The summed E-state index contributed by atoms with van der Waals surface area (Å²) in [5, 5.41) is 13.8. The molecule has 0 atom stereocenters. The van der Waals surface area contributed by atoms with Gasteiger partial charge in [-0.3, -0.25) is 9.59 Å². The van der Waals surface area contributed by atoms with Gasteiger partial charge < -0.3 is 20.6 Å². The quantitative estimate of drug-likeness (QED) is 0.682. The average Bonchev–Trinajstić information content (AvgIpc) is 2.94. The third-order valence-corrected chi connectivity index (χ3v) is 5.26. The zero-order chi connectivity index (χ0) is 21.5. The third kappa shape index (κ3) is 5.37. The Morgan fingerprint density at radius 3 is 2.63 bits per heavy atom. The van der Waals surface area contributed by atoms with Crippen LogP contribution in [0.5, 0.6) is 0 Å². The van der Waals surface area contributed by atoms with E-state index in [1.165, 1.54) is 5.56 Å². The summed E-state index contributed by atoms with van der Waals surface area (Å²) in [6.45, 7) is 2.98. The minimum Gasteiger partial charge on any atom is -0.481 e. The second kappa shape index (κ2) is 9.91. The average molecular weight is 409 g/mol. The van der Waals surface area contributed by atoms with Crippen molar-refractivity contribution in [1.82, 2.24) is 10.6 Å². The van der Waals surface area contributed by atoms with Crippen LogP contribution < -0.4 is 15.5 Å². The molecule has 0 aromatic heterocycles. The van der Waals surface area contributed by atoms with E-state index in [1.807, 2.05) is 42.2 Å².